The van der Waals surface area contributed by atoms with Crippen molar-refractivity contribution in [1.82, 2.24) is 12.3 Å². The van der Waals surface area contributed by atoms with Crippen molar-refractivity contribution in [1.29, 1.82) is 0 Å². The fourth-order valence-corrected chi connectivity index (χ4v) is 2.01. The predicted molar refractivity (Wildman–Crippen MR) is 85.9 cm³/mol. The van der Waals surface area contributed by atoms with Crippen LogP contribution in [0, 0.1) is 0 Å². The Morgan fingerprint density at radius 3 is 2.33 bits per heavy atom. The molecule has 0 radical (unpaired) electrons. The maximum atomic E-state index is 6.09. The van der Waals surface area contributed by atoms with Gasteiger partial charge in [-0.15, -0.1) is 12.4 Å². The van der Waals surface area contributed by atoms with E-state index in [4.69, 9.17) is 11.5 Å². The van der Waals surface area contributed by atoms with Crippen molar-refractivity contribution in [3.05, 3.63) is 34.3 Å². The molecule has 0 saturated carbocycles. The summed E-state index contributed by atoms with van der Waals surface area (Å²) >= 11 is 3.45. The maximum Gasteiger partial charge on any atom is 0.0295 e. The Balaban J connectivity index is -0.000000750. The second kappa shape index (κ2) is 13.3. The number of benzene rings is 1. The predicted octanol–water partition coefficient (Wildman–Crippen LogP) is 3.71. The molecule has 1 atom stereocenters. The van der Waals surface area contributed by atoms with E-state index in [-0.39, 0.29) is 30.7 Å². The fraction of sp³-hybridized carbons (Fsp3) is 0.500. The minimum atomic E-state index is 0. The molecule has 0 aromatic heterocycles. The maximum absolute atomic E-state index is 6.09. The third kappa shape index (κ3) is 8.85. The molecule has 18 heavy (non-hydrogen) atoms. The Morgan fingerprint density at radius 2 is 1.78 bits per heavy atom. The molecule has 0 heterocycles. The Hall–Kier alpha value is -0.170. The highest BCUT2D eigenvalue weighted by Gasteiger charge is 2.05. The lowest BCUT2D eigenvalue weighted by Crippen LogP contribution is -2.10. The first-order valence-corrected chi connectivity index (χ1v) is 6.24. The van der Waals surface area contributed by atoms with Gasteiger partial charge in [0, 0.05) is 10.5 Å². The molecular weight excluding hydrogens is 316 g/mol. The zero-order chi connectivity index (χ0) is 11.1. The van der Waals surface area contributed by atoms with Crippen LogP contribution in [0.25, 0.3) is 0 Å². The second-order valence-electron chi connectivity index (χ2n) is 3.80. The van der Waals surface area contributed by atoms with Crippen LogP contribution >= 0.6 is 28.3 Å². The first-order valence-electron chi connectivity index (χ1n) is 5.45. The van der Waals surface area contributed by atoms with Crippen LogP contribution in [0.5, 0.6) is 0 Å². The molecular formula is C12H26BrClN4. The normalized spacial score (nSPS) is 10.6. The van der Waals surface area contributed by atoms with E-state index in [2.05, 4.69) is 28.1 Å². The highest BCUT2D eigenvalue weighted by atomic mass is 79.9. The van der Waals surface area contributed by atoms with Crippen LogP contribution in [-0.2, 0) is 0 Å². The highest BCUT2D eigenvalue weighted by Crippen LogP contribution is 2.20. The van der Waals surface area contributed by atoms with Gasteiger partial charge in [-0.1, -0.05) is 40.9 Å². The van der Waals surface area contributed by atoms with Crippen LogP contribution in [0.4, 0.5) is 0 Å². The summed E-state index contributed by atoms with van der Waals surface area (Å²) < 4.78 is 1.09. The van der Waals surface area contributed by atoms with Gasteiger partial charge < -0.3 is 23.8 Å². The summed E-state index contributed by atoms with van der Waals surface area (Å²) in [5.74, 6) is 0. The van der Waals surface area contributed by atoms with Gasteiger partial charge in [-0.2, -0.15) is 0 Å². The molecule has 0 amide bonds. The first kappa shape index (κ1) is 23.0. The first-order chi connectivity index (χ1) is 7.24. The van der Waals surface area contributed by atoms with Gasteiger partial charge in [0.2, 0.25) is 0 Å². The van der Waals surface area contributed by atoms with Gasteiger partial charge in [0.05, 0.1) is 0 Å². The van der Waals surface area contributed by atoms with E-state index in [9.17, 15) is 0 Å². The number of hydrogen-bond acceptors (Lipinski definition) is 4. The topological polar surface area (TPSA) is 122 Å². The molecule has 4 nitrogen and oxygen atoms in total. The van der Waals surface area contributed by atoms with Crippen molar-refractivity contribution in [2.75, 3.05) is 6.54 Å². The van der Waals surface area contributed by atoms with Gasteiger partial charge in [0.25, 0.3) is 0 Å². The van der Waals surface area contributed by atoms with E-state index in [0.29, 0.717) is 0 Å². The van der Waals surface area contributed by atoms with Gasteiger partial charge in [-0.3, -0.25) is 0 Å². The molecule has 0 aliphatic rings. The smallest absolute Gasteiger partial charge is 0.0295 e. The number of unbranched alkanes of at least 4 members (excludes halogenated alkanes) is 2. The van der Waals surface area contributed by atoms with Crippen molar-refractivity contribution >= 4 is 28.3 Å². The zero-order valence-electron chi connectivity index (χ0n) is 10.8. The molecule has 0 bridgehead atoms. The van der Waals surface area contributed by atoms with Gasteiger partial charge in [0.15, 0.2) is 0 Å². The molecule has 1 rings (SSSR count). The minimum absolute atomic E-state index is 0. The summed E-state index contributed by atoms with van der Waals surface area (Å²) in [7, 11) is 0. The molecule has 0 aliphatic heterocycles. The quantitative estimate of drug-likeness (QED) is 0.589. The molecule has 0 aliphatic carbocycles. The Bertz CT molecular complexity index is 299. The van der Waals surface area contributed by atoms with E-state index in [1.807, 2.05) is 12.1 Å². The monoisotopic (exact) mass is 340 g/mol. The van der Waals surface area contributed by atoms with E-state index in [1.54, 1.807) is 0 Å². The largest absolute Gasteiger partial charge is 0.344 e. The van der Waals surface area contributed by atoms with E-state index < -0.39 is 0 Å². The number of hydrogen-bond donors (Lipinski definition) is 4. The summed E-state index contributed by atoms with van der Waals surface area (Å²) in [5, 5.41) is 0. The average Bonchev–Trinajstić information content (AvgIpc) is 2.24. The van der Waals surface area contributed by atoms with E-state index in [0.717, 1.165) is 30.3 Å². The SMILES string of the molecule is Cl.N.N.NCCCCCC(N)c1cccc(Br)c1. The lowest BCUT2D eigenvalue weighted by Gasteiger charge is -2.11. The van der Waals surface area contributed by atoms with Gasteiger partial charge in [-0.25, -0.2) is 0 Å². The summed E-state index contributed by atoms with van der Waals surface area (Å²) in [6.45, 7) is 0.784. The molecule has 1 unspecified atom stereocenters. The summed E-state index contributed by atoms with van der Waals surface area (Å²) in [4.78, 5) is 0. The van der Waals surface area contributed by atoms with Crippen molar-refractivity contribution in [2.24, 2.45) is 11.5 Å². The highest BCUT2D eigenvalue weighted by molar-refractivity contribution is 9.10. The van der Waals surface area contributed by atoms with Crippen LogP contribution < -0.4 is 23.8 Å². The van der Waals surface area contributed by atoms with Crippen molar-refractivity contribution in [3.8, 4) is 0 Å². The Morgan fingerprint density at radius 1 is 1.11 bits per heavy atom. The third-order valence-corrected chi connectivity index (χ3v) is 2.99. The Kier molecular flexibility index (Phi) is 16.9. The van der Waals surface area contributed by atoms with Crippen LogP contribution in [0.3, 0.4) is 0 Å². The van der Waals surface area contributed by atoms with Crippen molar-refractivity contribution < 1.29 is 0 Å². The zero-order valence-corrected chi connectivity index (χ0v) is 13.2. The van der Waals surface area contributed by atoms with E-state index >= 15 is 0 Å². The second-order valence-corrected chi connectivity index (χ2v) is 4.72. The molecule has 1 aromatic rings. The molecule has 6 heteroatoms. The van der Waals surface area contributed by atoms with Crippen LogP contribution in [0.2, 0.25) is 0 Å². The summed E-state index contributed by atoms with van der Waals surface area (Å²) in [6, 6.07) is 8.37. The Labute approximate surface area is 125 Å². The minimum Gasteiger partial charge on any atom is -0.344 e. The van der Waals surface area contributed by atoms with Gasteiger partial charge in [0.1, 0.15) is 0 Å². The fourth-order valence-electron chi connectivity index (χ4n) is 1.59. The van der Waals surface area contributed by atoms with Crippen LogP contribution in [0.15, 0.2) is 28.7 Å². The summed E-state index contributed by atoms with van der Waals surface area (Å²) in [5.41, 5.74) is 12.7. The average molecular weight is 342 g/mol. The van der Waals surface area contributed by atoms with Crippen molar-refractivity contribution in [2.45, 2.75) is 31.7 Å². The molecule has 0 spiro atoms. The lowest BCUT2D eigenvalue weighted by atomic mass is 10.0. The van der Waals surface area contributed by atoms with Crippen LogP contribution in [-0.4, -0.2) is 6.54 Å². The molecule has 0 fully saturated rings. The summed E-state index contributed by atoms with van der Waals surface area (Å²) in [6.07, 6.45) is 4.48. The van der Waals surface area contributed by atoms with Crippen LogP contribution in [0.1, 0.15) is 37.3 Å². The molecule has 10 N–H and O–H groups in total. The van der Waals surface area contributed by atoms with E-state index in [1.165, 1.54) is 12.0 Å². The molecule has 1 aromatic carbocycles. The van der Waals surface area contributed by atoms with Gasteiger partial charge >= 0.3 is 0 Å². The lowest BCUT2D eigenvalue weighted by molar-refractivity contribution is 0.573. The third-order valence-electron chi connectivity index (χ3n) is 2.50. The van der Waals surface area contributed by atoms with Crippen molar-refractivity contribution in [3.63, 3.8) is 0 Å². The standard InChI is InChI=1S/C12H19BrN2.ClH.2H3N/c13-11-6-4-5-10(9-11)12(15)7-2-1-3-8-14;;;/h4-6,9,12H,1-3,7-8,14-15H2;1H;2*1H3. The number of nitrogens with two attached hydrogens (primary N) is 2. The number of rotatable bonds is 6. The molecule has 108 valence electrons. The van der Waals surface area contributed by atoms with Gasteiger partial charge in [-0.05, 0) is 37.1 Å². The molecule has 0 saturated heterocycles. The number of halogens is 2.